The lowest BCUT2D eigenvalue weighted by molar-refractivity contribution is -0.131. The summed E-state index contributed by atoms with van der Waals surface area (Å²) in [5.74, 6) is 0. The molecule has 0 aliphatic heterocycles. The Labute approximate surface area is 106 Å². The molecular weight excluding hydrogens is 271 g/mol. The summed E-state index contributed by atoms with van der Waals surface area (Å²) in [5.41, 5.74) is 0. The van der Waals surface area contributed by atoms with Gasteiger partial charge >= 0.3 is 6.18 Å². The lowest BCUT2D eigenvalue weighted by Crippen LogP contribution is -2.44. The van der Waals surface area contributed by atoms with Crippen molar-refractivity contribution in [1.82, 2.24) is 4.72 Å². The van der Waals surface area contributed by atoms with Crippen molar-refractivity contribution in [2.75, 3.05) is 13.2 Å². The average molecular weight is 291 g/mol. The molecule has 0 aromatic carbocycles. The number of unbranched alkanes of at least 4 members (excludes halogenated alkanes) is 3. The Morgan fingerprint density at radius 2 is 1.83 bits per heavy atom. The molecule has 0 aromatic heterocycles. The number of nitrogens with one attached hydrogen (secondary N) is 1. The molecular formula is C10H20F3NO3S. The lowest BCUT2D eigenvalue weighted by Gasteiger charge is -2.20. The van der Waals surface area contributed by atoms with Gasteiger partial charge < -0.3 is 5.11 Å². The maximum absolute atomic E-state index is 12.7. The van der Waals surface area contributed by atoms with Gasteiger partial charge in [-0.3, -0.25) is 0 Å². The fourth-order valence-corrected chi connectivity index (χ4v) is 2.95. The van der Waals surface area contributed by atoms with Gasteiger partial charge in [-0.1, -0.05) is 32.6 Å². The van der Waals surface area contributed by atoms with Gasteiger partial charge in [0.1, 0.15) is 0 Å². The average Bonchev–Trinajstić information content (AvgIpc) is 2.24. The first-order valence-corrected chi connectivity index (χ1v) is 7.46. The van der Waals surface area contributed by atoms with Gasteiger partial charge in [0.15, 0.2) is 5.25 Å². The number of aliphatic hydroxyl groups excluding tert-OH is 1. The van der Waals surface area contributed by atoms with Crippen molar-refractivity contribution >= 4 is 10.0 Å². The molecule has 0 fully saturated rings. The van der Waals surface area contributed by atoms with Gasteiger partial charge in [0.05, 0.1) is 6.61 Å². The van der Waals surface area contributed by atoms with E-state index in [-0.39, 0.29) is 6.42 Å². The third-order valence-electron chi connectivity index (χ3n) is 2.47. The zero-order valence-electron chi connectivity index (χ0n) is 10.3. The lowest BCUT2D eigenvalue weighted by atomic mass is 10.1. The topological polar surface area (TPSA) is 66.4 Å². The molecule has 0 saturated heterocycles. The summed E-state index contributed by atoms with van der Waals surface area (Å²) in [5, 5.41) is 6.06. The van der Waals surface area contributed by atoms with Crippen LogP contribution in [-0.2, 0) is 10.0 Å². The van der Waals surface area contributed by atoms with E-state index >= 15 is 0 Å². The summed E-state index contributed by atoms with van der Waals surface area (Å²) in [6.07, 6.45) is -2.77. The van der Waals surface area contributed by atoms with Gasteiger partial charge in [-0.2, -0.15) is 13.2 Å². The van der Waals surface area contributed by atoms with Gasteiger partial charge in [0, 0.05) is 6.54 Å². The van der Waals surface area contributed by atoms with Gasteiger partial charge in [-0.15, -0.1) is 0 Å². The second-order valence-electron chi connectivity index (χ2n) is 4.04. The first-order chi connectivity index (χ1) is 8.25. The van der Waals surface area contributed by atoms with Crippen LogP contribution in [-0.4, -0.2) is 38.1 Å². The van der Waals surface area contributed by atoms with Crippen LogP contribution in [0.5, 0.6) is 0 Å². The van der Waals surface area contributed by atoms with Crippen LogP contribution in [0.15, 0.2) is 0 Å². The minimum atomic E-state index is -4.78. The Hall–Kier alpha value is -0.340. The Bertz CT molecular complexity index is 317. The standard InChI is InChI=1S/C10H20F3NO3S/c1-2-3-4-5-6-9(10(11,12)13)18(16,17)14-7-8-15/h9,14-15H,2-8H2,1H3. The highest BCUT2D eigenvalue weighted by molar-refractivity contribution is 7.90. The van der Waals surface area contributed by atoms with Gasteiger partial charge in [0.2, 0.25) is 10.0 Å². The largest absolute Gasteiger partial charge is 0.406 e. The summed E-state index contributed by atoms with van der Waals surface area (Å²) in [7, 11) is -4.46. The molecule has 0 aromatic rings. The molecule has 1 unspecified atom stereocenters. The van der Waals surface area contributed by atoms with Crippen LogP contribution < -0.4 is 4.72 Å². The quantitative estimate of drug-likeness (QED) is 0.637. The molecule has 18 heavy (non-hydrogen) atoms. The van der Waals surface area contributed by atoms with Crippen LogP contribution in [0.25, 0.3) is 0 Å². The minimum absolute atomic E-state index is 0.220. The first kappa shape index (κ1) is 17.7. The van der Waals surface area contributed by atoms with E-state index in [4.69, 9.17) is 5.11 Å². The zero-order valence-corrected chi connectivity index (χ0v) is 11.1. The fraction of sp³-hybridized carbons (Fsp3) is 1.00. The second kappa shape index (κ2) is 7.96. The van der Waals surface area contributed by atoms with E-state index < -0.39 is 41.0 Å². The van der Waals surface area contributed by atoms with Crippen LogP contribution in [0, 0.1) is 0 Å². The third-order valence-corrected chi connectivity index (χ3v) is 4.33. The Morgan fingerprint density at radius 3 is 2.28 bits per heavy atom. The number of halogens is 3. The number of hydrogen-bond donors (Lipinski definition) is 2. The number of alkyl halides is 3. The van der Waals surface area contributed by atoms with Crippen molar-refractivity contribution in [3.05, 3.63) is 0 Å². The molecule has 0 spiro atoms. The van der Waals surface area contributed by atoms with Crippen molar-refractivity contribution in [2.24, 2.45) is 0 Å². The number of hydrogen-bond acceptors (Lipinski definition) is 3. The first-order valence-electron chi connectivity index (χ1n) is 5.91. The normalized spacial score (nSPS) is 14.7. The van der Waals surface area contributed by atoms with Gasteiger partial charge in [-0.25, -0.2) is 13.1 Å². The van der Waals surface area contributed by atoms with Crippen molar-refractivity contribution in [1.29, 1.82) is 0 Å². The highest BCUT2D eigenvalue weighted by atomic mass is 32.2. The molecule has 8 heteroatoms. The molecule has 1 atom stereocenters. The molecule has 0 radical (unpaired) electrons. The van der Waals surface area contributed by atoms with Gasteiger partial charge in [-0.05, 0) is 6.42 Å². The highest BCUT2D eigenvalue weighted by Crippen LogP contribution is 2.29. The number of aliphatic hydroxyl groups is 1. The van der Waals surface area contributed by atoms with Crippen LogP contribution in [0.4, 0.5) is 13.2 Å². The molecule has 0 saturated carbocycles. The fourth-order valence-electron chi connectivity index (χ4n) is 1.54. The van der Waals surface area contributed by atoms with Crippen molar-refractivity contribution < 1.29 is 26.7 Å². The molecule has 0 aliphatic rings. The molecule has 110 valence electrons. The van der Waals surface area contributed by atoms with E-state index in [1.165, 1.54) is 0 Å². The third kappa shape index (κ3) is 6.55. The predicted octanol–water partition coefficient (Wildman–Crippen LogP) is 1.80. The maximum Gasteiger partial charge on any atom is 0.406 e. The predicted molar refractivity (Wildman–Crippen MR) is 62.6 cm³/mol. The van der Waals surface area contributed by atoms with Crippen molar-refractivity contribution in [2.45, 2.75) is 50.5 Å². The Morgan fingerprint density at radius 1 is 1.22 bits per heavy atom. The number of rotatable bonds is 9. The monoisotopic (exact) mass is 291 g/mol. The molecule has 0 rings (SSSR count). The zero-order chi connectivity index (χ0) is 14.2. The summed E-state index contributed by atoms with van der Waals surface area (Å²) < 4.78 is 62.7. The Balaban J connectivity index is 4.58. The Kier molecular flexibility index (Phi) is 7.81. The summed E-state index contributed by atoms with van der Waals surface area (Å²) >= 11 is 0. The maximum atomic E-state index is 12.7. The van der Waals surface area contributed by atoms with Crippen LogP contribution in [0.2, 0.25) is 0 Å². The molecule has 0 heterocycles. The van der Waals surface area contributed by atoms with Crippen molar-refractivity contribution in [3.63, 3.8) is 0 Å². The molecule has 0 aliphatic carbocycles. The minimum Gasteiger partial charge on any atom is -0.395 e. The molecule has 2 N–H and O–H groups in total. The molecule has 0 amide bonds. The summed E-state index contributed by atoms with van der Waals surface area (Å²) in [6, 6.07) is 0. The van der Waals surface area contributed by atoms with E-state index in [0.29, 0.717) is 6.42 Å². The van der Waals surface area contributed by atoms with Crippen molar-refractivity contribution in [3.8, 4) is 0 Å². The van der Waals surface area contributed by atoms with E-state index in [1.54, 1.807) is 4.72 Å². The molecule has 0 bridgehead atoms. The van der Waals surface area contributed by atoms with Gasteiger partial charge in [0.25, 0.3) is 0 Å². The summed E-state index contributed by atoms with van der Waals surface area (Å²) in [6.45, 7) is 0.990. The van der Waals surface area contributed by atoms with Crippen LogP contribution in [0.1, 0.15) is 39.0 Å². The SMILES string of the molecule is CCCCCCC(C(F)(F)F)S(=O)(=O)NCCO. The molecule has 4 nitrogen and oxygen atoms in total. The second-order valence-corrected chi connectivity index (χ2v) is 5.99. The number of sulfonamides is 1. The van der Waals surface area contributed by atoms with E-state index in [2.05, 4.69) is 0 Å². The highest BCUT2D eigenvalue weighted by Gasteiger charge is 2.47. The van der Waals surface area contributed by atoms with E-state index in [0.717, 1.165) is 12.8 Å². The summed E-state index contributed by atoms with van der Waals surface area (Å²) in [4.78, 5) is 0. The van der Waals surface area contributed by atoms with Crippen LogP contribution in [0.3, 0.4) is 0 Å². The van der Waals surface area contributed by atoms with E-state index in [1.807, 2.05) is 6.92 Å². The smallest absolute Gasteiger partial charge is 0.395 e. The van der Waals surface area contributed by atoms with E-state index in [9.17, 15) is 21.6 Å². The van der Waals surface area contributed by atoms with Crippen LogP contribution >= 0.6 is 0 Å².